The SMILES string of the molecule is CC[N+](CC)=c1ccc2cc3ccc(C)cc3oc-2c1.[Cl-].[Cl][Zn][Cl]. The van der Waals surface area contributed by atoms with Crippen molar-refractivity contribution in [2.45, 2.75) is 20.8 Å². The van der Waals surface area contributed by atoms with E-state index in [9.17, 15) is 0 Å². The van der Waals surface area contributed by atoms with Crippen LogP contribution in [0.1, 0.15) is 19.4 Å². The topological polar surface area (TPSA) is 16.1 Å². The summed E-state index contributed by atoms with van der Waals surface area (Å²) in [5.74, 6) is 0.951. The summed E-state index contributed by atoms with van der Waals surface area (Å²) in [5.41, 5.74) is 3.33. The van der Waals surface area contributed by atoms with E-state index in [1.165, 1.54) is 10.9 Å². The fraction of sp³-hybridized carbons (Fsp3) is 0.278. The number of rotatable bonds is 2. The molecule has 1 heterocycles. The third-order valence-electron chi connectivity index (χ3n) is 3.83. The van der Waals surface area contributed by atoms with E-state index >= 15 is 0 Å². The van der Waals surface area contributed by atoms with Crippen LogP contribution >= 0.6 is 19.4 Å². The first-order chi connectivity index (χ1) is 11.1. The Labute approximate surface area is 164 Å². The van der Waals surface area contributed by atoms with Crippen LogP contribution in [0.25, 0.3) is 22.3 Å². The van der Waals surface area contributed by atoms with Crippen LogP contribution in [-0.2, 0) is 15.1 Å². The van der Waals surface area contributed by atoms with Crippen molar-refractivity contribution >= 4 is 30.4 Å². The number of hydrogen-bond acceptors (Lipinski definition) is 1. The van der Waals surface area contributed by atoms with Crippen molar-refractivity contribution in [2.24, 2.45) is 0 Å². The van der Waals surface area contributed by atoms with Gasteiger partial charge in [0.1, 0.15) is 24.4 Å². The van der Waals surface area contributed by atoms with E-state index in [0.29, 0.717) is 0 Å². The molecule has 0 atom stereocenters. The predicted octanol–water partition coefficient (Wildman–Crippen LogP) is 2.04. The maximum absolute atomic E-state index is 6.08. The Morgan fingerprint density at radius 1 is 1.00 bits per heavy atom. The van der Waals surface area contributed by atoms with Gasteiger partial charge in [0.15, 0.2) is 0 Å². The summed E-state index contributed by atoms with van der Waals surface area (Å²) in [4.78, 5) is 0. The molecule has 6 heteroatoms. The molecule has 0 saturated heterocycles. The van der Waals surface area contributed by atoms with Crippen molar-refractivity contribution in [3.8, 4) is 11.3 Å². The van der Waals surface area contributed by atoms with Crippen LogP contribution in [0, 0.1) is 6.92 Å². The third kappa shape index (κ3) is 5.20. The second-order valence-corrected chi connectivity index (χ2v) is 9.91. The van der Waals surface area contributed by atoms with E-state index in [2.05, 4.69) is 67.8 Å². The average molecular weight is 438 g/mol. The summed E-state index contributed by atoms with van der Waals surface area (Å²) < 4.78 is 8.41. The van der Waals surface area contributed by atoms with Gasteiger partial charge in [-0.05, 0) is 44.5 Å². The Hall–Kier alpha value is -0.597. The standard InChI is InChI=1S/C18H20NO.3ClH.Zn/c1-4-19(5-2)16-9-8-15-11-14-7-6-13(3)10-17(14)20-18(15)12-16;;;;/h6-12H,4-5H2,1-3H3;3*1H;/q+1;;;;+2/p-3. The molecular formula is C18H20Cl3NOZn. The molecule has 1 aliphatic carbocycles. The molecule has 0 N–H and O–H groups in total. The van der Waals surface area contributed by atoms with Crippen molar-refractivity contribution in [1.82, 2.24) is 4.58 Å². The Kier molecular flexibility index (Phi) is 9.30. The molecule has 1 aromatic rings. The minimum atomic E-state index is -0.931. The molecule has 126 valence electrons. The molecular weight excluding hydrogens is 418 g/mol. The number of benzene rings is 2. The van der Waals surface area contributed by atoms with Crippen LogP contribution in [0.2, 0.25) is 0 Å². The van der Waals surface area contributed by atoms with Gasteiger partial charge in [0.05, 0.1) is 6.07 Å². The van der Waals surface area contributed by atoms with Gasteiger partial charge in [-0.2, -0.15) is 0 Å². The molecule has 0 unspecified atom stereocenters. The van der Waals surface area contributed by atoms with E-state index in [1.807, 2.05) is 0 Å². The zero-order valence-electron chi connectivity index (χ0n) is 14.2. The first-order valence-corrected chi connectivity index (χ1v) is 15.6. The molecule has 0 fully saturated rings. The third-order valence-corrected chi connectivity index (χ3v) is 3.83. The maximum atomic E-state index is 6.08. The van der Waals surface area contributed by atoms with Gasteiger partial charge in [-0.3, -0.25) is 0 Å². The summed E-state index contributed by atoms with van der Waals surface area (Å²) >= 11 is -0.931. The molecule has 1 aliphatic heterocycles. The van der Waals surface area contributed by atoms with E-state index in [0.717, 1.165) is 35.4 Å². The second-order valence-electron chi connectivity index (χ2n) is 5.28. The van der Waals surface area contributed by atoms with Gasteiger partial charge in [0.2, 0.25) is 5.36 Å². The first-order valence-electron chi connectivity index (χ1n) is 7.77. The van der Waals surface area contributed by atoms with Gasteiger partial charge in [-0.15, -0.1) is 0 Å². The Morgan fingerprint density at radius 2 is 1.67 bits per heavy atom. The molecule has 24 heavy (non-hydrogen) atoms. The molecule has 1 aromatic carbocycles. The average Bonchev–Trinajstić information content (AvgIpc) is 2.55. The van der Waals surface area contributed by atoms with Crippen LogP contribution in [0.4, 0.5) is 0 Å². The molecule has 0 saturated carbocycles. The number of hydrogen-bond donors (Lipinski definition) is 0. The second kappa shape index (κ2) is 10.4. The van der Waals surface area contributed by atoms with Crippen LogP contribution in [-0.4, -0.2) is 13.1 Å². The van der Waals surface area contributed by atoms with Crippen molar-refractivity contribution in [3.63, 3.8) is 0 Å². The minimum absolute atomic E-state index is 0. The summed E-state index contributed by atoms with van der Waals surface area (Å²) in [6.45, 7) is 8.46. The van der Waals surface area contributed by atoms with E-state index in [1.54, 1.807) is 0 Å². The predicted molar refractivity (Wildman–Crippen MR) is 95.6 cm³/mol. The molecule has 0 aromatic heterocycles. The van der Waals surface area contributed by atoms with Crippen LogP contribution in [0.15, 0.2) is 46.9 Å². The summed E-state index contributed by atoms with van der Waals surface area (Å²) in [6.07, 6.45) is 0. The first kappa shape index (κ1) is 21.4. The fourth-order valence-electron chi connectivity index (χ4n) is 2.65. The molecule has 3 rings (SSSR count). The monoisotopic (exact) mass is 435 g/mol. The fourth-order valence-corrected chi connectivity index (χ4v) is 2.65. The quantitative estimate of drug-likeness (QED) is 0.340. The van der Waals surface area contributed by atoms with Gasteiger partial charge < -0.3 is 16.8 Å². The number of halogens is 3. The van der Waals surface area contributed by atoms with Crippen LogP contribution in [0.5, 0.6) is 0 Å². The Bertz CT molecular complexity index is 826. The number of fused-ring (bicyclic) bond motifs is 2. The molecule has 0 amide bonds. The van der Waals surface area contributed by atoms with Gasteiger partial charge in [-0.1, -0.05) is 12.1 Å². The van der Waals surface area contributed by atoms with Gasteiger partial charge in [0, 0.05) is 17.0 Å². The van der Waals surface area contributed by atoms with Crippen molar-refractivity contribution in [3.05, 3.63) is 53.4 Å². The molecule has 2 nitrogen and oxygen atoms in total. The van der Waals surface area contributed by atoms with Gasteiger partial charge in [0.25, 0.3) is 0 Å². The zero-order chi connectivity index (χ0) is 16.8. The zero-order valence-corrected chi connectivity index (χ0v) is 19.4. The van der Waals surface area contributed by atoms with E-state index < -0.39 is 15.1 Å². The van der Waals surface area contributed by atoms with Crippen molar-refractivity contribution < 1.29 is 32.0 Å². The van der Waals surface area contributed by atoms with E-state index in [4.69, 9.17) is 23.8 Å². The van der Waals surface area contributed by atoms with Gasteiger partial charge >= 0.3 is 34.5 Å². The summed E-state index contributed by atoms with van der Waals surface area (Å²) in [6, 6.07) is 15.0. The normalized spacial score (nSPS) is 9.71. The van der Waals surface area contributed by atoms with Crippen molar-refractivity contribution in [1.29, 1.82) is 0 Å². The van der Waals surface area contributed by atoms with Crippen molar-refractivity contribution in [2.75, 3.05) is 13.1 Å². The summed E-state index contributed by atoms with van der Waals surface area (Å²) in [5, 5.41) is 2.37. The van der Waals surface area contributed by atoms with E-state index in [-0.39, 0.29) is 12.4 Å². The Balaban J connectivity index is 0.000000671. The number of aryl methyl sites for hydroxylation is 1. The van der Waals surface area contributed by atoms with Crippen LogP contribution in [0.3, 0.4) is 0 Å². The summed E-state index contributed by atoms with van der Waals surface area (Å²) in [7, 11) is 9.90. The molecule has 2 aliphatic rings. The number of nitrogens with zero attached hydrogens (tertiary/aromatic N) is 1. The molecule has 0 bridgehead atoms. The molecule has 0 radical (unpaired) electrons. The van der Waals surface area contributed by atoms with Crippen LogP contribution < -0.4 is 22.3 Å². The molecule has 0 spiro atoms. The van der Waals surface area contributed by atoms with Gasteiger partial charge in [-0.25, -0.2) is 4.58 Å². The Morgan fingerprint density at radius 3 is 2.29 bits per heavy atom.